The third-order valence-electron chi connectivity index (χ3n) is 3.79. The number of nitrogens with zero attached hydrogens (tertiary/aromatic N) is 2. The normalized spacial score (nSPS) is 18.2. The van der Waals surface area contributed by atoms with Gasteiger partial charge >= 0.3 is 0 Å². The molecule has 3 rings (SSSR count). The van der Waals surface area contributed by atoms with E-state index in [1.54, 1.807) is 0 Å². The molecule has 1 aliphatic rings. The van der Waals surface area contributed by atoms with Gasteiger partial charge in [-0.2, -0.15) is 0 Å². The van der Waals surface area contributed by atoms with Crippen LogP contribution >= 0.6 is 11.6 Å². The number of aryl methyl sites for hydroxylation is 1. The van der Waals surface area contributed by atoms with Gasteiger partial charge in [0.25, 0.3) is 0 Å². The third kappa shape index (κ3) is 3.10. The van der Waals surface area contributed by atoms with Crippen LogP contribution in [-0.4, -0.2) is 22.5 Å². The molecule has 5 heteroatoms. The Morgan fingerprint density at radius 1 is 1.48 bits per heavy atom. The number of carbonyl (C=O) groups is 1. The second kappa shape index (κ2) is 5.90. The molecule has 0 aliphatic carbocycles. The summed E-state index contributed by atoms with van der Waals surface area (Å²) in [4.78, 5) is 14.4. The van der Waals surface area contributed by atoms with Gasteiger partial charge in [-0.3, -0.25) is 4.79 Å². The second-order valence-corrected chi connectivity index (χ2v) is 5.86. The fourth-order valence-electron chi connectivity index (χ4n) is 2.82. The van der Waals surface area contributed by atoms with E-state index < -0.39 is 0 Å². The zero-order valence-corrected chi connectivity index (χ0v) is 12.6. The number of carbonyl (C=O) groups excluding carboxylic acids is 1. The predicted octanol–water partition coefficient (Wildman–Crippen LogP) is 3.54. The van der Waals surface area contributed by atoms with Crippen molar-refractivity contribution in [1.82, 2.24) is 10.1 Å². The Morgan fingerprint density at radius 3 is 3.05 bits per heavy atom. The van der Waals surface area contributed by atoms with Crippen LogP contribution in [0.2, 0.25) is 5.02 Å². The maximum atomic E-state index is 12.5. The van der Waals surface area contributed by atoms with E-state index in [1.165, 1.54) is 0 Å². The highest BCUT2D eigenvalue weighted by atomic mass is 35.5. The maximum Gasteiger partial charge on any atom is 0.227 e. The monoisotopic (exact) mass is 304 g/mol. The van der Waals surface area contributed by atoms with Crippen LogP contribution in [0, 0.1) is 6.92 Å². The first-order chi connectivity index (χ1) is 10.1. The van der Waals surface area contributed by atoms with Crippen molar-refractivity contribution in [2.24, 2.45) is 0 Å². The molecule has 1 aliphatic heterocycles. The highest BCUT2D eigenvalue weighted by Crippen LogP contribution is 2.32. The Bertz CT molecular complexity index is 653. The molecule has 1 saturated heterocycles. The van der Waals surface area contributed by atoms with Gasteiger partial charge in [-0.25, -0.2) is 0 Å². The highest BCUT2D eigenvalue weighted by molar-refractivity contribution is 6.30. The molecular formula is C16H17ClN2O2. The molecule has 1 unspecified atom stereocenters. The van der Waals surface area contributed by atoms with Gasteiger partial charge in [0.15, 0.2) is 5.76 Å². The first-order valence-electron chi connectivity index (χ1n) is 7.10. The van der Waals surface area contributed by atoms with E-state index in [4.69, 9.17) is 16.1 Å². The second-order valence-electron chi connectivity index (χ2n) is 5.42. The molecule has 1 aromatic heterocycles. The van der Waals surface area contributed by atoms with E-state index >= 15 is 0 Å². The molecule has 1 aromatic carbocycles. The Morgan fingerprint density at radius 2 is 2.33 bits per heavy atom. The van der Waals surface area contributed by atoms with E-state index in [0.717, 1.165) is 36.4 Å². The van der Waals surface area contributed by atoms with Crippen molar-refractivity contribution in [3.63, 3.8) is 0 Å². The minimum Gasteiger partial charge on any atom is -0.359 e. The lowest BCUT2D eigenvalue weighted by Crippen LogP contribution is -2.31. The lowest BCUT2D eigenvalue weighted by Gasteiger charge is -2.22. The number of aromatic nitrogens is 1. The number of hydrogen-bond acceptors (Lipinski definition) is 3. The summed E-state index contributed by atoms with van der Waals surface area (Å²) in [5.74, 6) is 0.887. The molecule has 21 heavy (non-hydrogen) atoms. The summed E-state index contributed by atoms with van der Waals surface area (Å²) in [6, 6.07) is 9.36. The quantitative estimate of drug-likeness (QED) is 0.871. The molecule has 2 heterocycles. The largest absolute Gasteiger partial charge is 0.359 e. The third-order valence-corrected chi connectivity index (χ3v) is 4.03. The van der Waals surface area contributed by atoms with Crippen LogP contribution in [0.25, 0.3) is 0 Å². The topological polar surface area (TPSA) is 46.3 Å². The van der Waals surface area contributed by atoms with E-state index in [9.17, 15) is 4.79 Å². The fourth-order valence-corrected chi connectivity index (χ4v) is 3.04. The van der Waals surface area contributed by atoms with Gasteiger partial charge in [0.05, 0.1) is 18.2 Å². The van der Waals surface area contributed by atoms with Gasteiger partial charge in [-0.1, -0.05) is 28.9 Å². The molecule has 1 fully saturated rings. The summed E-state index contributed by atoms with van der Waals surface area (Å²) in [5, 5.41) is 4.58. The number of halogens is 1. The molecule has 110 valence electrons. The summed E-state index contributed by atoms with van der Waals surface area (Å²) < 4.78 is 5.33. The minimum absolute atomic E-state index is 0.0119. The molecule has 0 radical (unpaired) electrons. The Balaban J connectivity index is 1.74. The van der Waals surface area contributed by atoms with Crippen LogP contribution in [0.3, 0.4) is 0 Å². The average molecular weight is 305 g/mol. The zero-order valence-electron chi connectivity index (χ0n) is 11.9. The van der Waals surface area contributed by atoms with Gasteiger partial charge in [-0.05, 0) is 37.5 Å². The summed E-state index contributed by atoms with van der Waals surface area (Å²) in [6.07, 6.45) is 2.28. The minimum atomic E-state index is 0.0119. The highest BCUT2D eigenvalue weighted by Gasteiger charge is 2.32. The maximum absolute atomic E-state index is 12.5. The summed E-state index contributed by atoms with van der Waals surface area (Å²) in [6.45, 7) is 2.66. The van der Waals surface area contributed by atoms with Crippen molar-refractivity contribution < 1.29 is 9.32 Å². The predicted molar refractivity (Wildman–Crippen MR) is 80.1 cm³/mol. The van der Waals surface area contributed by atoms with Crippen molar-refractivity contribution in [3.8, 4) is 0 Å². The first kappa shape index (κ1) is 14.1. The molecule has 2 aromatic rings. The van der Waals surface area contributed by atoms with E-state index in [-0.39, 0.29) is 11.9 Å². The molecule has 1 amide bonds. The first-order valence-corrected chi connectivity index (χ1v) is 7.48. The van der Waals surface area contributed by atoms with Crippen LogP contribution in [-0.2, 0) is 11.2 Å². The number of hydrogen-bond donors (Lipinski definition) is 0. The molecule has 4 nitrogen and oxygen atoms in total. The average Bonchev–Trinajstić information content (AvgIpc) is 3.06. The van der Waals surface area contributed by atoms with E-state index in [0.29, 0.717) is 11.4 Å². The van der Waals surface area contributed by atoms with Gasteiger partial charge in [0, 0.05) is 17.6 Å². The van der Waals surface area contributed by atoms with E-state index in [2.05, 4.69) is 5.16 Å². The Labute approximate surface area is 128 Å². The lowest BCUT2D eigenvalue weighted by atomic mass is 10.1. The molecule has 0 spiro atoms. The number of rotatable bonds is 3. The van der Waals surface area contributed by atoms with Crippen LogP contribution in [0.15, 0.2) is 34.9 Å². The zero-order chi connectivity index (χ0) is 14.8. The van der Waals surface area contributed by atoms with Crippen molar-refractivity contribution >= 4 is 17.5 Å². The van der Waals surface area contributed by atoms with E-state index in [1.807, 2.05) is 42.2 Å². The van der Waals surface area contributed by atoms with Crippen molar-refractivity contribution in [2.75, 3.05) is 6.54 Å². The fraction of sp³-hybridized carbons (Fsp3) is 0.375. The van der Waals surface area contributed by atoms with Crippen LogP contribution in [0.1, 0.15) is 35.9 Å². The molecule has 0 bridgehead atoms. The van der Waals surface area contributed by atoms with Crippen LogP contribution < -0.4 is 0 Å². The lowest BCUT2D eigenvalue weighted by molar-refractivity contribution is -0.131. The number of likely N-dealkylation sites (tertiary alicyclic amines) is 1. The van der Waals surface area contributed by atoms with Crippen molar-refractivity contribution in [3.05, 3.63) is 52.4 Å². The van der Waals surface area contributed by atoms with Gasteiger partial charge < -0.3 is 9.42 Å². The van der Waals surface area contributed by atoms with Gasteiger partial charge in [0.1, 0.15) is 0 Å². The number of amides is 1. The smallest absolute Gasteiger partial charge is 0.227 e. The molecule has 0 N–H and O–H groups in total. The molecule has 0 saturated carbocycles. The standard InChI is InChI=1S/C16H17ClN2O2/c1-11-8-15(21-18-11)14-6-3-7-19(14)16(20)10-12-4-2-5-13(17)9-12/h2,4-5,8-9,14H,3,6-7,10H2,1H3. The molecule has 1 atom stereocenters. The van der Waals surface area contributed by atoms with Gasteiger partial charge in [0.2, 0.25) is 5.91 Å². The Kier molecular flexibility index (Phi) is 3.97. The van der Waals surface area contributed by atoms with Crippen molar-refractivity contribution in [2.45, 2.75) is 32.2 Å². The Hall–Kier alpha value is -1.81. The van der Waals surface area contributed by atoms with Crippen LogP contribution in [0.5, 0.6) is 0 Å². The SMILES string of the molecule is Cc1cc(C2CCCN2C(=O)Cc2cccc(Cl)c2)on1. The molecular weight excluding hydrogens is 288 g/mol. The van der Waals surface area contributed by atoms with Gasteiger partial charge in [-0.15, -0.1) is 0 Å². The van der Waals surface area contributed by atoms with Crippen molar-refractivity contribution in [1.29, 1.82) is 0 Å². The summed E-state index contributed by atoms with van der Waals surface area (Å²) >= 11 is 5.97. The summed E-state index contributed by atoms with van der Waals surface area (Å²) in [5.41, 5.74) is 1.78. The van der Waals surface area contributed by atoms with Crippen LogP contribution in [0.4, 0.5) is 0 Å². The summed E-state index contributed by atoms with van der Waals surface area (Å²) in [7, 11) is 0. The number of benzene rings is 1.